The predicted molar refractivity (Wildman–Crippen MR) is 74.7 cm³/mol. The fourth-order valence-corrected chi connectivity index (χ4v) is 2.41. The van der Waals surface area contributed by atoms with Crippen molar-refractivity contribution in [2.75, 3.05) is 20.2 Å². The van der Waals surface area contributed by atoms with Gasteiger partial charge in [0.1, 0.15) is 6.61 Å². The molecule has 1 heterocycles. The average Bonchev–Trinajstić information content (AvgIpc) is 2.52. The Morgan fingerprint density at radius 1 is 1.33 bits per heavy atom. The number of likely N-dealkylation sites (tertiary alicyclic amines) is 1. The summed E-state index contributed by atoms with van der Waals surface area (Å²) < 4.78 is 10.4. The fraction of sp³-hybridized carbons (Fsp3) is 0.467. The number of amides is 1. The molecule has 0 aromatic heterocycles. The van der Waals surface area contributed by atoms with E-state index in [1.165, 1.54) is 12.0 Å². The van der Waals surface area contributed by atoms with E-state index in [2.05, 4.69) is 0 Å². The van der Waals surface area contributed by atoms with Gasteiger partial charge >= 0.3 is 12.1 Å². The number of piperidine rings is 1. The Balaban J connectivity index is 1.87. The Morgan fingerprint density at radius 3 is 2.67 bits per heavy atom. The van der Waals surface area contributed by atoms with Crippen molar-refractivity contribution in [1.82, 2.24) is 4.90 Å². The van der Waals surface area contributed by atoms with Crippen LogP contribution < -0.4 is 0 Å². The molecule has 0 unspecified atom stereocenters. The van der Waals surface area contributed by atoms with Gasteiger partial charge in [-0.3, -0.25) is 4.79 Å². The summed E-state index contributed by atoms with van der Waals surface area (Å²) in [5.41, 5.74) is 0.912. The number of benzene rings is 1. The van der Waals surface area contributed by atoms with Gasteiger partial charge in [0.2, 0.25) is 0 Å². The Hall–Kier alpha value is -2.08. The van der Waals surface area contributed by atoms with E-state index in [-0.39, 0.29) is 13.2 Å². The van der Waals surface area contributed by atoms with Crippen molar-refractivity contribution in [3.05, 3.63) is 35.9 Å². The van der Waals surface area contributed by atoms with E-state index in [0.29, 0.717) is 13.0 Å². The first kappa shape index (κ1) is 15.3. The molecule has 2 atom stereocenters. The highest BCUT2D eigenvalue weighted by Gasteiger charge is 2.36. The van der Waals surface area contributed by atoms with Crippen LogP contribution in [0.15, 0.2) is 30.3 Å². The number of aliphatic carboxylic acids is 1. The maximum Gasteiger partial charge on any atom is 0.410 e. The van der Waals surface area contributed by atoms with E-state index < -0.39 is 24.1 Å². The van der Waals surface area contributed by atoms with Crippen LogP contribution in [0.1, 0.15) is 12.0 Å². The van der Waals surface area contributed by atoms with Crippen molar-refractivity contribution < 1.29 is 24.2 Å². The Kier molecular flexibility index (Phi) is 5.16. The highest BCUT2D eigenvalue weighted by molar-refractivity contribution is 5.72. The number of hydrogen-bond acceptors (Lipinski definition) is 4. The largest absolute Gasteiger partial charge is 0.481 e. The monoisotopic (exact) mass is 293 g/mol. The lowest BCUT2D eigenvalue weighted by atomic mass is 9.94. The molecular formula is C15H19NO5. The van der Waals surface area contributed by atoms with Gasteiger partial charge in [-0.1, -0.05) is 30.3 Å². The number of carboxylic acids is 1. The molecule has 0 spiro atoms. The van der Waals surface area contributed by atoms with Crippen LogP contribution in [-0.2, 0) is 20.9 Å². The maximum absolute atomic E-state index is 12.0. The van der Waals surface area contributed by atoms with Crippen LogP contribution in [0.4, 0.5) is 4.79 Å². The molecule has 114 valence electrons. The van der Waals surface area contributed by atoms with Crippen molar-refractivity contribution in [2.45, 2.75) is 19.1 Å². The molecule has 2 rings (SSSR count). The Bertz CT molecular complexity index is 490. The van der Waals surface area contributed by atoms with E-state index in [4.69, 9.17) is 14.6 Å². The van der Waals surface area contributed by atoms with E-state index >= 15 is 0 Å². The quantitative estimate of drug-likeness (QED) is 0.915. The van der Waals surface area contributed by atoms with Crippen molar-refractivity contribution >= 4 is 12.1 Å². The van der Waals surface area contributed by atoms with Gasteiger partial charge in [0, 0.05) is 13.7 Å². The van der Waals surface area contributed by atoms with Crippen molar-refractivity contribution in [3.63, 3.8) is 0 Å². The second-order valence-electron chi connectivity index (χ2n) is 4.99. The third-order valence-electron chi connectivity index (χ3n) is 3.64. The van der Waals surface area contributed by atoms with Crippen LogP contribution in [-0.4, -0.2) is 48.4 Å². The van der Waals surface area contributed by atoms with Crippen LogP contribution >= 0.6 is 0 Å². The summed E-state index contributed by atoms with van der Waals surface area (Å²) in [6.07, 6.45) is -0.570. The summed E-state index contributed by atoms with van der Waals surface area (Å²) in [4.78, 5) is 24.6. The van der Waals surface area contributed by atoms with Gasteiger partial charge in [0.15, 0.2) is 0 Å². The Morgan fingerprint density at radius 2 is 2.05 bits per heavy atom. The molecule has 1 aromatic rings. The first-order chi connectivity index (χ1) is 10.1. The molecule has 0 bridgehead atoms. The van der Waals surface area contributed by atoms with Crippen molar-refractivity contribution in [3.8, 4) is 0 Å². The molecule has 21 heavy (non-hydrogen) atoms. The highest BCUT2D eigenvalue weighted by atomic mass is 16.6. The number of carbonyl (C=O) groups is 2. The highest BCUT2D eigenvalue weighted by Crippen LogP contribution is 2.21. The number of ether oxygens (including phenoxy) is 2. The molecule has 1 aliphatic rings. The molecule has 6 nitrogen and oxygen atoms in total. The van der Waals surface area contributed by atoms with Gasteiger partial charge in [0.25, 0.3) is 0 Å². The second-order valence-corrected chi connectivity index (χ2v) is 4.99. The van der Waals surface area contributed by atoms with Crippen molar-refractivity contribution in [2.24, 2.45) is 5.92 Å². The van der Waals surface area contributed by atoms with E-state index in [1.807, 2.05) is 30.3 Å². The van der Waals surface area contributed by atoms with Gasteiger partial charge in [-0.15, -0.1) is 0 Å². The minimum absolute atomic E-state index is 0.205. The third kappa shape index (κ3) is 3.95. The lowest BCUT2D eigenvalue weighted by Crippen LogP contribution is -2.49. The number of carbonyl (C=O) groups excluding carboxylic acids is 1. The van der Waals surface area contributed by atoms with Crippen molar-refractivity contribution in [1.29, 1.82) is 0 Å². The number of methoxy groups -OCH3 is 1. The number of nitrogens with zero attached hydrogens (tertiary/aromatic N) is 1. The first-order valence-electron chi connectivity index (χ1n) is 6.83. The minimum Gasteiger partial charge on any atom is -0.481 e. The summed E-state index contributed by atoms with van der Waals surface area (Å²) in [6, 6.07) is 9.40. The van der Waals surface area contributed by atoms with Gasteiger partial charge in [0.05, 0.1) is 18.6 Å². The first-order valence-corrected chi connectivity index (χ1v) is 6.83. The van der Waals surface area contributed by atoms with Crippen LogP contribution in [0.25, 0.3) is 0 Å². The molecule has 0 radical (unpaired) electrons. The smallest absolute Gasteiger partial charge is 0.410 e. The summed E-state index contributed by atoms with van der Waals surface area (Å²) in [6.45, 7) is 0.807. The number of hydrogen-bond donors (Lipinski definition) is 1. The topological polar surface area (TPSA) is 76.1 Å². The molecule has 0 saturated carbocycles. The van der Waals surface area contributed by atoms with Crippen LogP contribution in [0, 0.1) is 5.92 Å². The molecule has 1 fully saturated rings. The van der Waals surface area contributed by atoms with Gasteiger partial charge < -0.3 is 19.5 Å². The van der Waals surface area contributed by atoms with Gasteiger partial charge in [-0.05, 0) is 12.0 Å². The Labute approximate surface area is 123 Å². The summed E-state index contributed by atoms with van der Waals surface area (Å²) in [7, 11) is 1.46. The van der Waals surface area contributed by atoms with Crippen LogP contribution in [0.3, 0.4) is 0 Å². The SMILES string of the molecule is CO[C@@H]1CN(C(=O)OCc2ccccc2)CC[C@@H]1C(=O)O. The molecule has 0 aliphatic carbocycles. The zero-order valence-corrected chi connectivity index (χ0v) is 11.9. The second kappa shape index (κ2) is 7.08. The number of rotatable bonds is 4. The lowest BCUT2D eigenvalue weighted by molar-refractivity contribution is -0.149. The molecule has 1 N–H and O–H groups in total. The standard InChI is InChI=1S/C15H19NO5/c1-20-13-9-16(8-7-12(13)14(17)18)15(19)21-10-11-5-3-2-4-6-11/h2-6,12-13H,7-10H2,1H3,(H,17,18)/t12-,13+/m0/s1. The van der Waals surface area contributed by atoms with Crippen LogP contribution in [0.2, 0.25) is 0 Å². The van der Waals surface area contributed by atoms with Gasteiger partial charge in [-0.25, -0.2) is 4.79 Å². The van der Waals surface area contributed by atoms with E-state index in [0.717, 1.165) is 5.56 Å². The zero-order chi connectivity index (χ0) is 15.2. The average molecular weight is 293 g/mol. The molecule has 1 aliphatic heterocycles. The fourth-order valence-electron chi connectivity index (χ4n) is 2.41. The van der Waals surface area contributed by atoms with Crippen LogP contribution in [0.5, 0.6) is 0 Å². The number of carboxylic acid groups (broad SMARTS) is 1. The summed E-state index contributed by atoms with van der Waals surface area (Å²) in [5.74, 6) is -1.47. The maximum atomic E-state index is 12.0. The third-order valence-corrected chi connectivity index (χ3v) is 3.64. The molecule has 1 amide bonds. The minimum atomic E-state index is -0.890. The van der Waals surface area contributed by atoms with E-state index in [1.54, 1.807) is 0 Å². The molecule has 1 aromatic carbocycles. The summed E-state index contributed by atoms with van der Waals surface area (Å²) >= 11 is 0. The molecular weight excluding hydrogens is 274 g/mol. The lowest BCUT2D eigenvalue weighted by Gasteiger charge is -2.35. The van der Waals surface area contributed by atoms with E-state index in [9.17, 15) is 9.59 Å². The molecule has 6 heteroatoms. The molecule has 1 saturated heterocycles. The summed E-state index contributed by atoms with van der Waals surface area (Å²) in [5, 5.41) is 9.10. The predicted octanol–water partition coefficient (Wildman–Crippen LogP) is 1.74. The zero-order valence-electron chi connectivity index (χ0n) is 11.9. The normalized spacial score (nSPS) is 21.9. The van der Waals surface area contributed by atoms with Gasteiger partial charge in [-0.2, -0.15) is 0 Å².